The van der Waals surface area contributed by atoms with Crippen LogP contribution in [0.3, 0.4) is 0 Å². The Labute approximate surface area is 246 Å². The summed E-state index contributed by atoms with van der Waals surface area (Å²) in [6, 6.07) is 55.3. The molecule has 0 heteroatoms. The summed E-state index contributed by atoms with van der Waals surface area (Å²) < 4.78 is 0. The van der Waals surface area contributed by atoms with Crippen LogP contribution < -0.4 is 0 Å². The largest absolute Gasteiger partial charge is 0.0688 e. The summed E-state index contributed by atoms with van der Waals surface area (Å²) in [7, 11) is 0. The molecule has 0 saturated heterocycles. The second kappa shape index (κ2) is 10.3. The van der Waals surface area contributed by atoms with E-state index in [0.717, 1.165) is 6.42 Å². The fraction of sp³-hybridized carbons (Fsp3) is 0.0476. The predicted molar refractivity (Wildman–Crippen MR) is 181 cm³/mol. The fourth-order valence-electron chi connectivity index (χ4n) is 6.91. The van der Waals surface area contributed by atoms with E-state index in [0.29, 0.717) is 5.92 Å². The van der Waals surface area contributed by atoms with E-state index in [2.05, 4.69) is 164 Å². The average molecular weight is 535 g/mol. The first kappa shape index (κ1) is 24.6. The van der Waals surface area contributed by atoms with Crippen molar-refractivity contribution in [1.82, 2.24) is 0 Å². The smallest absolute Gasteiger partial charge is 0.00678 e. The Bertz CT molecular complexity index is 2080. The Kier molecular flexibility index (Phi) is 6.04. The van der Waals surface area contributed by atoms with Crippen LogP contribution in [0.15, 0.2) is 164 Å². The first-order valence-electron chi connectivity index (χ1n) is 14.8. The van der Waals surface area contributed by atoms with E-state index in [-0.39, 0.29) is 0 Å². The van der Waals surface area contributed by atoms with Crippen LogP contribution in [0, 0.1) is 0 Å². The summed E-state index contributed by atoms with van der Waals surface area (Å²) in [4.78, 5) is 0. The van der Waals surface area contributed by atoms with Gasteiger partial charge in [0.25, 0.3) is 0 Å². The zero-order valence-electron chi connectivity index (χ0n) is 23.4. The summed E-state index contributed by atoms with van der Waals surface area (Å²) in [5.41, 5.74) is 9.26. The standard InChI is InChI=1S/C42H30/c1-3-14-29(15-4-1)32-26-33(30-16-5-2-6-17-30)28-34(27-32)41-37-21-9-11-23-39(37)42(40-24-12-10-22-38(40)41)36-25-13-19-31-18-7-8-20-35(31)36/h1-27,33H,28H2. The van der Waals surface area contributed by atoms with E-state index in [1.807, 2.05) is 0 Å². The lowest BCUT2D eigenvalue weighted by molar-refractivity contribution is 0.872. The van der Waals surface area contributed by atoms with Gasteiger partial charge in [0.15, 0.2) is 0 Å². The van der Waals surface area contributed by atoms with Crippen LogP contribution >= 0.6 is 0 Å². The van der Waals surface area contributed by atoms with Gasteiger partial charge in [-0.25, -0.2) is 0 Å². The number of hydrogen-bond acceptors (Lipinski definition) is 0. The van der Waals surface area contributed by atoms with Crippen LogP contribution in [0.25, 0.3) is 54.6 Å². The summed E-state index contributed by atoms with van der Waals surface area (Å²) in [5, 5.41) is 7.79. The minimum Gasteiger partial charge on any atom is -0.0688 e. The molecular weight excluding hydrogens is 504 g/mol. The van der Waals surface area contributed by atoms with Gasteiger partial charge in [-0.3, -0.25) is 0 Å². The SMILES string of the molecule is C1=C(c2ccccc2)C=C(c2c3ccccc3c(-c3cccc4ccccc34)c3ccccc23)CC1c1ccccc1. The second-order valence-corrected chi connectivity index (χ2v) is 11.2. The molecule has 198 valence electrons. The lowest BCUT2D eigenvalue weighted by Gasteiger charge is -2.26. The highest BCUT2D eigenvalue weighted by atomic mass is 14.3. The van der Waals surface area contributed by atoms with Crippen LogP contribution in [0.1, 0.15) is 29.0 Å². The van der Waals surface area contributed by atoms with Gasteiger partial charge in [-0.1, -0.05) is 164 Å². The Morgan fingerprint density at radius 1 is 0.429 bits per heavy atom. The molecule has 0 amide bonds. The molecule has 0 aliphatic heterocycles. The Morgan fingerprint density at radius 3 is 1.62 bits per heavy atom. The number of fused-ring (bicyclic) bond motifs is 3. The van der Waals surface area contributed by atoms with E-state index in [1.165, 1.54) is 71.3 Å². The monoisotopic (exact) mass is 534 g/mol. The minimum atomic E-state index is 0.302. The van der Waals surface area contributed by atoms with Gasteiger partial charge in [-0.2, -0.15) is 0 Å². The molecule has 42 heavy (non-hydrogen) atoms. The maximum Gasteiger partial charge on any atom is 0.00678 e. The molecule has 0 radical (unpaired) electrons. The van der Waals surface area contributed by atoms with Crippen molar-refractivity contribution in [2.24, 2.45) is 0 Å². The topological polar surface area (TPSA) is 0 Å². The first-order valence-corrected chi connectivity index (χ1v) is 14.8. The molecule has 0 aromatic heterocycles. The third-order valence-electron chi connectivity index (χ3n) is 8.80. The molecule has 8 rings (SSSR count). The van der Waals surface area contributed by atoms with Gasteiger partial charge < -0.3 is 0 Å². The van der Waals surface area contributed by atoms with Gasteiger partial charge in [-0.15, -0.1) is 0 Å². The number of allylic oxidation sites excluding steroid dienone is 4. The minimum absolute atomic E-state index is 0.302. The average Bonchev–Trinajstić information content (AvgIpc) is 3.07. The maximum atomic E-state index is 2.46. The molecule has 0 bridgehead atoms. The molecule has 0 spiro atoms. The van der Waals surface area contributed by atoms with Crippen molar-refractivity contribution in [3.63, 3.8) is 0 Å². The highest BCUT2D eigenvalue weighted by molar-refractivity contribution is 6.21. The predicted octanol–water partition coefficient (Wildman–Crippen LogP) is 11.5. The second-order valence-electron chi connectivity index (χ2n) is 11.2. The quantitative estimate of drug-likeness (QED) is 0.197. The number of benzene rings is 7. The van der Waals surface area contributed by atoms with E-state index in [9.17, 15) is 0 Å². The molecule has 0 fully saturated rings. The van der Waals surface area contributed by atoms with Crippen molar-refractivity contribution >= 4 is 43.5 Å². The third-order valence-corrected chi connectivity index (χ3v) is 8.80. The van der Waals surface area contributed by atoms with E-state index < -0.39 is 0 Å². The van der Waals surface area contributed by atoms with Crippen molar-refractivity contribution in [3.8, 4) is 11.1 Å². The van der Waals surface area contributed by atoms with Crippen LogP contribution in [0.2, 0.25) is 0 Å². The molecular formula is C42H30. The Hall–Kier alpha value is -5.20. The molecule has 1 atom stereocenters. The van der Waals surface area contributed by atoms with Crippen molar-refractivity contribution in [3.05, 3.63) is 181 Å². The van der Waals surface area contributed by atoms with E-state index in [4.69, 9.17) is 0 Å². The molecule has 7 aromatic rings. The van der Waals surface area contributed by atoms with Crippen molar-refractivity contribution < 1.29 is 0 Å². The zero-order chi connectivity index (χ0) is 27.9. The molecule has 1 aliphatic carbocycles. The van der Waals surface area contributed by atoms with Crippen LogP contribution in [0.4, 0.5) is 0 Å². The van der Waals surface area contributed by atoms with Crippen molar-refractivity contribution in [2.45, 2.75) is 12.3 Å². The van der Waals surface area contributed by atoms with Crippen LogP contribution in [-0.4, -0.2) is 0 Å². The lowest BCUT2D eigenvalue weighted by atomic mass is 9.78. The molecule has 0 saturated carbocycles. The zero-order valence-corrected chi connectivity index (χ0v) is 23.4. The molecule has 0 N–H and O–H groups in total. The fourth-order valence-corrected chi connectivity index (χ4v) is 6.91. The summed E-state index contributed by atoms with van der Waals surface area (Å²) in [5.74, 6) is 0.302. The van der Waals surface area contributed by atoms with Gasteiger partial charge in [0.1, 0.15) is 0 Å². The van der Waals surface area contributed by atoms with Gasteiger partial charge in [0, 0.05) is 5.92 Å². The molecule has 0 nitrogen and oxygen atoms in total. The van der Waals surface area contributed by atoms with Gasteiger partial charge in [-0.05, 0) is 77.7 Å². The molecule has 1 unspecified atom stereocenters. The summed E-state index contributed by atoms with van der Waals surface area (Å²) in [6.07, 6.45) is 5.87. The summed E-state index contributed by atoms with van der Waals surface area (Å²) in [6.45, 7) is 0. The molecule has 0 heterocycles. The van der Waals surface area contributed by atoms with Crippen molar-refractivity contribution in [1.29, 1.82) is 0 Å². The Balaban J connectivity index is 1.43. The highest BCUT2D eigenvalue weighted by Crippen LogP contribution is 2.47. The van der Waals surface area contributed by atoms with Crippen LogP contribution in [0.5, 0.6) is 0 Å². The first-order chi connectivity index (χ1) is 20.8. The van der Waals surface area contributed by atoms with Crippen molar-refractivity contribution in [2.75, 3.05) is 0 Å². The highest BCUT2D eigenvalue weighted by Gasteiger charge is 2.24. The van der Waals surface area contributed by atoms with Gasteiger partial charge in [0.05, 0.1) is 0 Å². The van der Waals surface area contributed by atoms with E-state index >= 15 is 0 Å². The Morgan fingerprint density at radius 2 is 0.952 bits per heavy atom. The van der Waals surface area contributed by atoms with Crippen LogP contribution in [-0.2, 0) is 0 Å². The van der Waals surface area contributed by atoms with Gasteiger partial charge >= 0.3 is 0 Å². The number of rotatable bonds is 4. The number of hydrogen-bond donors (Lipinski definition) is 0. The molecule has 1 aliphatic rings. The van der Waals surface area contributed by atoms with Gasteiger partial charge in [0.2, 0.25) is 0 Å². The molecule has 7 aromatic carbocycles. The third kappa shape index (κ3) is 4.16. The normalized spacial score (nSPS) is 15.1. The lowest BCUT2D eigenvalue weighted by Crippen LogP contribution is -2.05. The van der Waals surface area contributed by atoms with E-state index in [1.54, 1.807) is 0 Å². The summed E-state index contributed by atoms with van der Waals surface area (Å²) >= 11 is 0. The maximum absolute atomic E-state index is 2.46.